The number of anilines is 1. The third kappa shape index (κ3) is 4.12. The van der Waals surface area contributed by atoms with Crippen LogP contribution >= 0.6 is 0 Å². The Hall–Kier alpha value is -1.25. The fourth-order valence-corrected chi connectivity index (χ4v) is 3.66. The molecule has 0 aliphatic carbocycles. The number of hydrogen-bond acceptors (Lipinski definition) is 6. The van der Waals surface area contributed by atoms with E-state index in [4.69, 9.17) is 4.74 Å². The van der Waals surface area contributed by atoms with Crippen LogP contribution in [0.4, 0.5) is 5.95 Å². The normalized spacial score (nSPS) is 24.5. The minimum atomic E-state index is -3.28. The third-order valence-corrected chi connectivity index (χ3v) is 4.79. The van der Waals surface area contributed by atoms with Gasteiger partial charge in [0.05, 0.1) is 18.0 Å². The SMILES string of the molecule is C[C@H]1CN(S(=O)(=O)CCNc2ncccn2)C[C@H](C)O1. The van der Waals surface area contributed by atoms with Gasteiger partial charge < -0.3 is 10.1 Å². The molecule has 7 nitrogen and oxygen atoms in total. The molecule has 0 bridgehead atoms. The number of sulfonamides is 1. The van der Waals surface area contributed by atoms with Crippen molar-refractivity contribution in [2.75, 3.05) is 30.7 Å². The van der Waals surface area contributed by atoms with Gasteiger partial charge in [0, 0.05) is 32.0 Å². The van der Waals surface area contributed by atoms with E-state index in [0.29, 0.717) is 19.0 Å². The molecule has 1 aliphatic heterocycles. The van der Waals surface area contributed by atoms with E-state index in [9.17, 15) is 8.42 Å². The first-order chi connectivity index (χ1) is 9.47. The molecule has 1 fully saturated rings. The van der Waals surface area contributed by atoms with Crippen LogP contribution in [0.5, 0.6) is 0 Å². The average Bonchev–Trinajstić information content (AvgIpc) is 2.38. The number of hydrogen-bond donors (Lipinski definition) is 1. The maximum atomic E-state index is 12.3. The summed E-state index contributed by atoms with van der Waals surface area (Å²) in [4.78, 5) is 7.97. The second-order valence-corrected chi connectivity index (χ2v) is 6.98. The highest BCUT2D eigenvalue weighted by molar-refractivity contribution is 7.89. The van der Waals surface area contributed by atoms with Gasteiger partial charge in [-0.05, 0) is 19.9 Å². The second-order valence-electron chi connectivity index (χ2n) is 4.89. The summed E-state index contributed by atoms with van der Waals surface area (Å²) in [5, 5.41) is 2.90. The van der Waals surface area contributed by atoms with Crippen LogP contribution in [-0.4, -0.2) is 60.3 Å². The molecule has 8 heteroatoms. The van der Waals surface area contributed by atoms with E-state index in [1.807, 2.05) is 13.8 Å². The summed E-state index contributed by atoms with van der Waals surface area (Å²) in [6.45, 7) is 4.87. The molecule has 0 saturated carbocycles. The molecule has 1 N–H and O–H groups in total. The van der Waals surface area contributed by atoms with Gasteiger partial charge in [0.25, 0.3) is 0 Å². The molecule has 20 heavy (non-hydrogen) atoms. The minimum absolute atomic E-state index is 0.0185. The van der Waals surface area contributed by atoms with Gasteiger partial charge in [0.2, 0.25) is 16.0 Å². The highest BCUT2D eigenvalue weighted by Crippen LogP contribution is 2.14. The van der Waals surface area contributed by atoms with Crippen LogP contribution < -0.4 is 5.32 Å². The molecule has 1 aromatic rings. The van der Waals surface area contributed by atoms with E-state index >= 15 is 0 Å². The number of nitrogens with one attached hydrogen (secondary N) is 1. The molecule has 2 rings (SSSR count). The molecule has 1 aromatic heterocycles. The maximum Gasteiger partial charge on any atom is 0.222 e. The first kappa shape index (κ1) is 15.1. The lowest BCUT2D eigenvalue weighted by molar-refractivity contribution is -0.0440. The van der Waals surface area contributed by atoms with Crippen LogP contribution in [-0.2, 0) is 14.8 Å². The van der Waals surface area contributed by atoms with Crippen molar-refractivity contribution >= 4 is 16.0 Å². The number of aromatic nitrogens is 2. The molecule has 1 saturated heterocycles. The van der Waals surface area contributed by atoms with E-state index in [1.54, 1.807) is 18.5 Å². The Labute approximate surface area is 119 Å². The summed E-state index contributed by atoms with van der Waals surface area (Å²) < 4.78 is 31.6. The van der Waals surface area contributed by atoms with E-state index < -0.39 is 10.0 Å². The van der Waals surface area contributed by atoms with E-state index in [1.165, 1.54) is 4.31 Å². The Morgan fingerprint density at radius 2 is 1.90 bits per heavy atom. The van der Waals surface area contributed by atoms with Crippen molar-refractivity contribution in [3.05, 3.63) is 18.5 Å². The quantitative estimate of drug-likeness (QED) is 0.843. The Kier molecular flexibility index (Phi) is 4.90. The zero-order valence-corrected chi connectivity index (χ0v) is 12.5. The van der Waals surface area contributed by atoms with Crippen LogP contribution in [0, 0.1) is 0 Å². The van der Waals surface area contributed by atoms with Gasteiger partial charge in [-0.15, -0.1) is 0 Å². The number of rotatable bonds is 5. The summed E-state index contributed by atoms with van der Waals surface area (Å²) in [5.74, 6) is 0.455. The summed E-state index contributed by atoms with van der Waals surface area (Å²) in [6, 6.07) is 1.71. The van der Waals surface area contributed by atoms with Gasteiger partial charge in [-0.25, -0.2) is 18.4 Å². The van der Waals surface area contributed by atoms with Crippen LogP contribution in [0.15, 0.2) is 18.5 Å². The van der Waals surface area contributed by atoms with Crippen LogP contribution in [0.3, 0.4) is 0 Å². The van der Waals surface area contributed by atoms with Crippen molar-refractivity contribution in [3.8, 4) is 0 Å². The van der Waals surface area contributed by atoms with Crippen molar-refractivity contribution < 1.29 is 13.2 Å². The van der Waals surface area contributed by atoms with Gasteiger partial charge in [0.15, 0.2) is 0 Å². The molecular weight excluding hydrogens is 280 g/mol. The topological polar surface area (TPSA) is 84.4 Å². The zero-order chi connectivity index (χ0) is 14.6. The van der Waals surface area contributed by atoms with Gasteiger partial charge >= 0.3 is 0 Å². The lowest BCUT2D eigenvalue weighted by Gasteiger charge is -2.34. The summed E-state index contributed by atoms with van der Waals surface area (Å²) in [5.41, 5.74) is 0. The first-order valence-corrected chi connectivity index (χ1v) is 8.22. The highest BCUT2D eigenvalue weighted by atomic mass is 32.2. The predicted molar refractivity (Wildman–Crippen MR) is 75.9 cm³/mol. The minimum Gasteiger partial charge on any atom is -0.373 e. The molecule has 0 radical (unpaired) electrons. The van der Waals surface area contributed by atoms with Crippen LogP contribution in [0.2, 0.25) is 0 Å². The lowest BCUT2D eigenvalue weighted by Crippen LogP contribution is -2.49. The fourth-order valence-electron chi connectivity index (χ4n) is 2.17. The zero-order valence-electron chi connectivity index (χ0n) is 11.7. The Balaban J connectivity index is 1.87. The van der Waals surface area contributed by atoms with Gasteiger partial charge in [-0.3, -0.25) is 0 Å². The van der Waals surface area contributed by atoms with Crippen molar-refractivity contribution in [1.82, 2.24) is 14.3 Å². The Morgan fingerprint density at radius 1 is 1.30 bits per heavy atom. The Bertz CT molecular complexity index is 513. The molecule has 0 unspecified atom stereocenters. The maximum absolute atomic E-state index is 12.3. The van der Waals surface area contributed by atoms with Crippen LogP contribution in [0.25, 0.3) is 0 Å². The Morgan fingerprint density at radius 3 is 2.50 bits per heavy atom. The third-order valence-electron chi connectivity index (χ3n) is 2.99. The molecule has 0 aromatic carbocycles. The van der Waals surface area contributed by atoms with Crippen molar-refractivity contribution in [3.63, 3.8) is 0 Å². The summed E-state index contributed by atoms with van der Waals surface area (Å²) in [7, 11) is -3.28. The first-order valence-electron chi connectivity index (χ1n) is 6.61. The highest BCUT2D eigenvalue weighted by Gasteiger charge is 2.30. The largest absolute Gasteiger partial charge is 0.373 e. The standard InChI is InChI=1S/C12H20N4O3S/c1-10-8-16(9-11(2)19-10)20(17,18)7-6-15-12-13-4-3-5-14-12/h3-5,10-11H,6-9H2,1-2H3,(H,13,14,15)/t10-,11-/m0/s1. The molecule has 112 valence electrons. The predicted octanol–water partition coefficient (Wildman–Crippen LogP) is 0.328. The smallest absolute Gasteiger partial charge is 0.222 e. The monoisotopic (exact) mass is 300 g/mol. The molecule has 0 spiro atoms. The van der Waals surface area contributed by atoms with Gasteiger partial charge in [-0.2, -0.15) is 4.31 Å². The van der Waals surface area contributed by atoms with Crippen molar-refractivity contribution in [1.29, 1.82) is 0 Å². The number of ether oxygens (including phenoxy) is 1. The van der Waals surface area contributed by atoms with E-state index in [0.717, 1.165) is 0 Å². The van der Waals surface area contributed by atoms with Crippen molar-refractivity contribution in [2.45, 2.75) is 26.1 Å². The summed E-state index contributed by atoms with van der Waals surface area (Å²) >= 11 is 0. The second kappa shape index (κ2) is 6.47. The fraction of sp³-hybridized carbons (Fsp3) is 0.667. The van der Waals surface area contributed by atoms with Crippen molar-refractivity contribution in [2.24, 2.45) is 0 Å². The number of morpholine rings is 1. The van der Waals surface area contributed by atoms with Gasteiger partial charge in [0.1, 0.15) is 0 Å². The molecule has 1 aliphatic rings. The lowest BCUT2D eigenvalue weighted by atomic mass is 10.3. The van der Waals surface area contributed by atoms with Gasteiger partial charge in [-0.1, -0.05) is 0 Å². The molecule has 2 heterocycles. The molecule has 2 atom stereocenters. The summed E-state index contributed by atoms with van der Waals surface area (Å²) in [6.07, 6.45) is 3.07. The molecule has 0 amide bonds. The number of nitrogens with zero attached hydrogens (tertiary/aromatic N) is 3. The average molecular weight is 300 g/mol. The van der Waals surface area contributed by atoms with E-state index in [2.05, 4.69) is 15.3 Å². The van der Waals surface area contributed by atoms with E-state index in [-0.39, 0.29) is 24.5 Å². The van der Waals surface area contributed by atoms with Crippen LogP contribution in [0.1, 0.15) is 13.8 Å². The molecular formula is C12H20N4O3S.